The largest absolute Gasteiger partial charge is 0.494 e. The fourth-order valence-corrected chi connectivity index (χ4v) is 5.78. The molecule has 0 bridgehead atoms. The van der Waals surface area contributed by atoms with Gasteiger partial charge in [-0.25, -0.2) is 8.42 Å². The lowest BCUT2D eigenvalue weighted by atomic mass is 10.1. The summed E-state index contributed by atoms with van der Waals surface area (Å²) in [6, 6.07) is 18.7. The van der Waals surface area contributed by atoms with Crippen LogP contribution in [0.1, 0.15) is 39.7 Å². The van der Waals surface area contributed by atoms with E-state index in [1.807, 2.05) is 20.8 Å². The Kier molecular flexibility index (Phi) is 11.6. The van der Waals surface area contributed by atoms with Gasteiger partial charge in [0.05, 0.1) is 17.2 Å². The van der Waals surface area contributed by atoms with Crippen LogP contribution in [0, 0.1) is 0 Å². The fraction of sp³-hybridized carbons (Fsp3) is 0.333. The summed E-state index contributed by atoms with van der Waals surface area (Å²) in [5.41, 5.74) is 1.03. The second kappa shape index (κ2) is 14.7. The van der Waals surface area contributed by atoms with Gasteiger partial charge in [-0.15, -0.1) is 0 Å². The Balaban J connectivity index is 2.02. The molecule has 0 radical (unpaired) electrons. The van der Waals surface area contributed by atoms with E-state index in [4.69, 9.17) is 16.3 Å². The molecule has 220 valence electrons. The highest BCUT2D eigenvalue weighted by Gasteiger charge is 2.32. The summed E-state index contributed by atoms with van der Waals surface area (Å²) >= 11 is 9.39. The van der Waals surface area contributed by atoms with Crippen LogP contribution in [-0.4, -0.2) is 50.4 Å². The Morgan fingerprint density at radius 1 is 0.951 bits per heavy atom. The van der Waals surface area contributed by atoms with Gasteiger partial charge < -0.3 is 15.0 Å². The van der Waals surface area contributed by atoms with Crippen molar-refractivity contribution in [1.82, 2.24) is 10.2 Å². The summed E-state index contributed by atoms with van der Waals surface area (Å²) in [4.78, 5) is 28.5. The first kappa shape index (κ1) is 32.4. The molecule has 0 saturated heterocycles. The van der Waals surface area contributed by atoms with E-state index in [0.717, 1.165) is 20.8 Å². The summed E-state index contributed by atoms with van der Waals surface area (Å²) in [5.74, 6) is -0.297. The van der Waals surface area contributed by atoms with E-state index >= 15 is 0 Å². The first-order valence-corrected chi connectivity index (χ1v) is 15.9. The van der Waals surface area contributed by atoms with Crippen molar-refractivity contribution >= 4 is 55.1 Å². The third-order valence-electron chi connectivity index (χ3n) is 6.55. The molecule has 2 atom stereocenters. The van der Waals surface area contributed by atoms with E-state index in [2.05, 4.69) is 21.2 Å². The van der Waals surface area contributed by atoms with Crippen LogP contribution in [0.2, 0.25) is 5.02 Å². The van der Waals surface area contributed by atoms with Crippen molar-refractivity contribution in [3.8, 4) is 5.75 Å². The minimum Gasteiger partial charge on any atom is -0.494 e. The maximum atomic E-state index is 14.0. The number of nitrogens with one attached hydrogen (secondary N) is 1. The molecule has 8 nitrogen and oxygen atoms in total. The standard InChI is InChI=1S/C30H35BrClN3O5S/c1-5-21(3)33-30(37)22(4)34(19-23-7-11-25(32)12-8-23)29(36)20-35(26-13-15-27(16-14-26)40-6-2)41(38,39)28-17-9-24(31)10-18-28/h7-18,21-22H,5-6,19-20H2,1-4H3,(H,33,37)/t21-,22+/m0/s1. The van der Waals surface area contributed by atoms with Gasteiger partial charge in [0, 0.05) is 22.1 Å². The van der Waals surface area contributed by atoms with Crippen LogP contribution in [0.3, 0.4) is 0 Å². The van der Waals surface area contributed by atoms with E-state index in [1.54, 1.807) is 67.6 Å². The molecule has 0 unspecified atom stereocenters. The zero-order chi connectivity index (χ0) is 30.2. The van der Waals surface area contributed by atoms with E-state index in [0.29, 0.717) is 17.4 Å². The molecule has 2 amide bonds. The molecule has 0 aliphatic rings. The second-order valence-electron chi connectivity index (χ2n) is 9.53. The van der Waals surface area contributed by atoms with Gasteiger partial charge in [0.2, 0.25) is 11.8 Å². The molecule has 3 aromatic rings. The van der Waals surface area contributed by atoms with Crippen LogP contribution in [-0.2, 0) is 26.2 Å². The molecule has 0 fully saturated rings. The van der Waals surface area contributed by atoms with Gasteiger partial charge in [-0.1, -0.05) is 46.6 Å². The minimum absolute atomic E-state index is 0.0224. The third-order valence-corrected chi connectivity index (χ3v) is 9.12. The second-order valence-corrected chi connectivity index (χ2v) is 12.7. The predicted octanol–water partition coefficient (Wildman–Crippen LogP) is 6.03. The number of carbonyl (C=O) groups is 2. The smallest absolute Gasteiger partial charge is 0.264 e. The number of carbonyl (C=O) groups excluding carboxylic acids is 2. The highest BCUT2D eigenvalue weighted by Crippen LogP contribution is 2.27. The van der Waals surface area contributed by atoms with Crippen LogP contribution >= 0.6 is 27.5 Å². The summed E-state index contributed by atoms with van der Waals surface area (Å²) in [5, 5.41) is 3.46. The number of sulfonamides is 1. The molecule has 0 aliphatic carbocycles. The first-order chi connectivity index (χ1) is 19.5. The van der Waals surface area contributed by atoms with Crippen LogP contribution in [0.4, 0.5) is 5.69 Å². The summed E-state index contributed by atoms with van der Waals surface area (Å²) in [7, 11) is -4.17. The third kappa shape index (κ3) is 8.70. The predicted molar refractivity (Wildman–Crippen MR) is 166 cm³/mol. The van der Waals surface area contributed by atoms with Gasteiger partial charge in [-0.3, -0.25) is 13.9 Å². The van der Waals surface area contributed by atoms with E-state index in [1.165, 1.54) is 17.0 Å². The van der Waals surface area contributed by atoms with Crippen LogP contribution < -0.4 is 14.4 Å². The molecule has 0 spiro atoms. The van der Waals surface area contributed by atoms with Crippen molar-refractivity contribution in [1.29, 1.82) is 0 Å². The fourth-order valence-electron chi connectivity index (χ4n) is 3.97. The molecule has 11 heteroatoms. The lowest BCUT2D eigenvalue weighted by Crippen LogP contribution is -2.52. The van der Waals surface area contributed by atoms with Crippen molar-refractivity contribution < 1.29 is 22.7 Å². The topological polar surface area (TPSA) is 96.0 Å². The summed E-state index contributed by atoms with van der Waals surface area (Å²) in [6.45, 7) is 7.33. The summed E-state index contributed by atoms with van der Waals surface area (Å²) < 4.78 is 35.1. The number of anilines is 1. The van der Waals surface area contributed by atoms with Gasteiger partial charge >= 0.3 is 0 Å². The lowest BCUT2D eigenvalue weighted by molar-refractivity contribution is -0.139. The van der Waals surface area contributed by atoms with Crippen molar-refractivity contribution in [2.45, 2.75) is 57.6 Å². The lowest BCUT2D eigenvalue weighted by Gasteiger charge is -2.32. The van der Waals surface area contributed by atoms with Crippen molar-refractivity contribution in [2.75, 3.05) is 17.5 Å². The van der Waals surface area contributed by atoms with E-state index in [9.17, 15) is 18.0 Å². The highest BCUT2D eigenvalue weighted by atomic mass is 79.9. The number of halogens is 2. The molecule has 3 rings (SSSR count). The van der Waals surface area contributed by atoms with Crippen LogP contribution in [0.25, 0.3) is 0 Å². The first-order valence-electron chi connectivity index (χ1n) is 13.3. The molecule has 0 aliphatic heterocycles. The molecule has 41 heavy (non-hydrogen) atoms. The molecule has 0 saturated carbocycles. The van der Waals surface area contributed by atoms with Crippen molar-refractivity contribution in [3.63, 3.8) is 0 Å². The number of ether oxygens (including phenoxy) is 1. The number of nitrogens with zero attached hydrogens (tertiary/aromatic N) is 2. The van der Waals surface area contributed by atoms with E-state index in [-0.39, 0.29) is 29.1 Å². The minimum atomic E-state index is -4.17. The Morgan fingerprint density at radius 2 is 1.56 bits per heavy atom. The summed E-state index contributed by atoms with van der Waals surface area (Å²) in [6.07, 6.45) is 0.723. The van der Waals surface area contributed by atoms with Gasteiger partial charge in [-0.2, -0.15) is 0 Å². The number of hydrogen-bond donors (Lipinski definition) is 1. The quantitative estimate of drug-likeness (QED) is 0.241. The Morgan fingerprint density at radius 3 is 2.12 bits per heavy atom. The van der Waals surface area contributed by atoms with Crippen molar-refractivity contribution in [2.24, 2.45) is 0 Å². The molecule has 0 aromatic heterocycles. The van der Waals surface area contributed by atoms with Crippen molar-refractivity contribution in [3.05, 3.63) is 87.9 Å². The average Bonchev–Trinajstić information content (AvgIpc) is 2.95. The zero-order valence-electron chi connectivity index (χ0n) is 23.5. The van der Waals surface area contributed by atoms with E-state index < -0.39 is 28.5 Å². The molecule has 1 N–H and O–H groups in total. The molecule has 3 aromatic carbocycles. The Bertz CT molecular complexity index is 1420. The van der Waals surface area contributed by atoms with Gasteiger partial charge in [0.15, 0.2) is 0 Å². The molecular formula is C30H35BrClN3O5S. The molecule has 0 heterocycles. The monoisotopic (exact) mass is 663 g/mol. The number of rotatable bonds is 13. The van der Waals surface area contributed by atoms with Gasteiger partial charge in [0.1, 0.15) is 18.3 Å². The zero-order valence-corrected chi connectivity index (χ0v) is 26.7. The highest BCUT2D eigenvalue weighted by molar-refractivity contribution is 9.10. The average molecular weight is 665 g/mol. The normalized spacial score (nSPS) is 12.7. The van der Waals surface area contributed by atoms with Crippen LogP contribution in [0.15, 0.2) is 82.2 Å². The van der Waals surface area contributed by atoms with Gasteiger partial charge in [0.25, 0.3) is 10.0 Å². The number of benzene rings is 3. The van der Waals surface area contributed by atoms with Crippen LogP contribution in [0.5, 0.6) is 5.75 Å². The SMILES string of the molecule is CCOc1ccc(N(CC(=O)N(Cc2ccc(Cl)cc2)[C@H](C)C(=O)N[C@@H](C)CC)S(=O)(=O)c2ccc(Br)cc2)cc1. The van der Waals surface area contributed by atoms with Gasteiger partial charge in [-0.05, 0) is 93.4 Å². The molecular weight excluding hydrogens is 630 g/mol. The number of hydrogen-bond acceptors (Lipinski definition) is 5. The Labute approximate surface area is 255 Å². The maximum absolute atomic E-state index is 14.0. The maximum Gasteiger partial charge on any atom is 0.264 e. The Hall–Kier alpha value is -3.08. The number of amides is 2.